The normalized spacial score (nSPS) is 9.72. The Balaban J connectivity index is 2.65. The molecule has 0 aliphatic rings. The lowest BCUT2D eigenvalue weighted by atomic mass is 10.2. The summed E-state index contributed by atoms with van der Waals surface area (Å²) in [5, 5.41) is 0. The summed E-state index contributed by atoms with van der Waals surface area (Å²) in [6, 6.07) is 7.17. The van der Waals surface area contributed by atoms with E-state index in [2.05, 4.69) is 4.74 Å². The monoisotopic (exact) mass is 251 g/mol. The Labute approximate surface area is 106 Å². The average molecular weight is 251 g/mol. The SMILES string of the molecule is COC(=O)CCC(=O)N(C)c1cccc(OC)c1. The van der Waals surface area contributed by atoms with Crippen LogP contribution in [0.1, 0.15) is 12.8 Å². The molecule has 1 aromatic carbocycles. The van der Waals surface area contributed by atoms with E-state index in [1.807, 2.05) is 0 Å². The number of carbonyl (C=O) groups is 2. The van der Waals surface area contributed by atoms with Gasteiger partial charge in [-0.15, -0.1) is 0 Å². The van der Waals surface area contributed by atoms with Gasteiger partial charge in [0.1, 0.15) is 5.75 Å². The van der Waals surface area contributed by atoms with Crippen LogP contribution >= 0.6 is 0 Å². The van der Waals surface area contributed by atoms with Crippen molar-refractivity contribution in [3.63, 3.8) is 0 Å². The van der Waals surface area contributed by atoms with Gasteiger partial charge in [-0.05, 0) is 12.1 Å². The second kappa shape index (κ2) is 6.64. The van der Waals surface area contributed by atoms with E-state index in [0.29, 0.717) is 5.75 Å². The summed E-state index contributed by atoms with van der Waals surface area (Å²) in [5.74, 6) is 0.149. The highest BCUT2D eigenvalue weighted by atomic mass is 16.5. The standard InChI is InChI=1S/C13H17NO4/c1-14(12(15)7-8-13(16)18-3)10-5-4-6-11(9-10)17-2/h4-6,9H,7-8H2,1-3H3. The first-order chi connectivity index (χ1) is 8.58. The lowest BCUT2D eigenvalue weighted by molar-refractivity contribution is -0.141. The van der Waals surface area contributed by atoms with Crippen molar-refractivity contribution in [1.82, 2.24) is 0 Å². The summed E-state index contributed by atoms with van der Waals surface area (Å²) in [4.78, 5) is 24.3. The molecule has 0 atom stereocenters. The molecule has 1 amide bonds. The summed E-state index contributed by atoms with van der Waals surface area (Å²) in [7, 11) is 4.53. The number of esters is 1. The second-order valence-electron chi connectivity index (χ2n) is 3.73. The van der Waals surface area contributed by atoms with Gasteiger partial charge in [-0.3, -0.25) is 9.59 Å². The molecular weight excluding hydrogens is 234 g/mol. The van der Waals surface area contributed by atoms with Crippen molar-refractivity contribution < 1.29 is 19.1 Å². The minimum absolute atomic E-state index is 0.0869. The van der Waals surface area contributed by atoms with Gasteiger partial charge in [0.05, 0.1) is 20.6 Å². The van der Waals surface area contributed by atoms with Crippen molar-refractivity contribution in [2.24, 2.45) is 0 Å². The number of hydrogen-bond donors (Lipinski definition) is 0. The molecule has 0 aliphatic heterocycles. The van der Waals surface area contributed by atoms with Crippen molar-refractivity contribution in [3.8, 4) is 5.75 Å². The highest BCUT2D eigenvalue weighted by molar-refractivity contribution is 5.94. The molecule has 1 rings (SSSR count). The van der Waals surface area contributed by atoms with Crippen molar-refractivity contribution in [3.05, 3.63) is 24.3 Å². The number of benzene rings is 1. The molecule has 98 valence electrons. The lowest BCUT2D eigenvalue weighted by Gasteiger charge is -2.17. The van der Waals surface area contributed by atoms with Crippen LogP contribution in [0.25, 0.3) is 0 Å². The number of nitrogens with zero attached hydrogens (tertiary/aromatic N) is 1. The van der Waals surface area contributed by atoms with E-state index in [1.54, 1.807) is 38.4 Å². The maximum Gasteiger partial charge on any atom is 0.306 e. The Bertz CT molecular complexity index is 431. The lowest BCUT2D eigenvalue weighted by Crippen LogP contribution is -2.26. The van der Waals surface area contributed by atoms with E-state index in [-0.39, 0.29) is 24.7 Å². The number of anilines is 1. The van der Waals surface area contributed by atoms with Crippen molar-refractivity contribution in [1.29, 1.82) is 0 Å². The smallest absolute Gasteiger partial charge is 0.306 e. The number of hydrogen-bond acceptors (Lipinski definition) is 4. The molecule has 0 aliphatic carbocycles. The Kier molecular flexibility index (Phi) is 5.17. The number of amides is 1. The Hall–Kier alpha value is -2.04. The third-order valence-corrected chi connectivity index (χ3v) is 2.59. The molecule has 5 heteroatoms. The first kappa shape index (κ1) is 14.0. The van der Waals surface area contributed by atoms with Crippen LogP contribution < -0.4 is 9.64 Å². The molecule has 0 aromatic heterocycles. The van der Waals surface area contributed by atoms with Gasteiger partial charge in [0.25, 0.3) is 0 Å². The third kappa shape index (κ3) is 3.76. The molecule has 0 fully saturated rings. The molecule has 0 bridgehead atoms. The van der Waals surface area contributed by atoms with Gasteiger partial charge in [0.15, 0.2) is 0 Å². The van der Waals surface area contributed by atoms with Crippen LogP contribution in [0.4, 0.5) is 5.69 Å². The predicted molar refractivity (Wildman–Crippen MR) is 67.7 cm³/mol. The fraction of sp³-hybridized carbons (Fsp3) is 0.385. The zero-order valence-electron chi connectivity index (χ0n) is 10.8. The highest BCUT2D eigenvalue weighted by Gasteiger charge is 2.13. The molecule has 0 spiro atoms. The molecule has 18 heavy (non-hydrogen) atoms. The van der Waals surface area contributed by atoms with Gasteiger partial charge in [-0.25, -0.2) is 0 Å². The van der Waals surface area contributed by atoms with E-state index in [0.717, 1.165) is 5.69 Å². The van der Waals surface area contributed by atoms with E-state index < -0.39 is 0 Å². The quantitative estimate of drug-likeness (QED) is 0.746. The summed E-state index contributed by atoms with van der Waals surface area (Å²) in [5.41, 5.74) is 0.726. The minimum Gasteiger partial charge on any atom is -0.497 e. The fourth-order valence-electron chi connectivity index (χ4n) is 1.44. The van der Waals surface area contributed by atoms with Crippen LogP contribution in [0, 0.1) is 0 Å². The van der Waals surface area contributed by atoms with Gasteiger partial charge < -0.3 is 14.4 Å². The molecule has 0 saturated carbocycles. The van der Waals surface area contributed by atoms with E-state index in [4.69, 9.17) is 4.74 Å². The Morgan fingerprint density at radius 1 is 1.22 bits per heavy atom. The summed E-state index contributed by atoms with van der Waals surface area (Å²) in [6.45, 7) is 0. The van der Waals surface area contributed by atoms with Crippen LogP contribution in [0.2, 0.25) is 0 Å². The Morgan fingerprint density at radius 3 is 2.56 bits per heavy atom. The number of ether oxygens (including phenoxy) is 2. The number of carbonyl (C=O) groups excluding carboxylic acids is 2. The highest BCUT2D eigenvalue weighted by Crippen LogP contribution is 2.20. The van der Waals surface area contributed by atoms with Crippen LogP contribution in [0.15, 0.2) is 24.3 Å². The molecule has 0 N–H and O–H groups in total. The molecule has 1 aromatic rings. The predicted octanol–water partition coefficient (Wildman–Crippen LogP) is 1.61. The van der Waals surface area contributed by atoms with Crippen LogP contribution in [0.3, 0.4) is 0 Å². The molecular formula is C13H17NO4. The minimum atomic E-state index is -0.387. The van der Waals surface area contributed by atoms with Gasteiger partial charge >= 0.3 is 5.97 Å². The van der Waals surface area contributed by atoms with Crippen LogP contribution in [0.5, 0.6) is 5.75 Å². The van der Waals surface area contributed by atoms with Crippen molar-refractivity contribution in [2.75, 3.05) is 26.2 Å². The molecule has 0 heterocycles. The van der Waals surface area contributed by atoms with Crippen molar-refractivity contribution >= 4 is 17.6 Å². The zero-order chi connectivity index (χ0) is 13.5. The van der Waals surface area contributed by atoms with Crippen LogP contribution in [-0.2, 0) is 14.3 Å². The third-order valence-electron chi connectivity index (χ3n) is 2.59. The first-order valence-corrected chi connectivity index (χ1v) is 5.56. The maximum atomic E-state index is 11.8. The van der Waals surface area contributed by atoms with E-state index >= 15 is 0 Å². The molecule has 0 saturated heterocycles. The summed E-state index contributed by atoms with van der Waals surface area (Å²) in [6.07, 6.45) is 0.212. The second-order valence-corrected chi connectivity index (χ2v) is 3.73. The van der Waals surface area contributed by atoms with Gasteiger partial charge in [0, 0.05) is 25.2 Å². The van der Waals surface area contributed by atoms with E-state index in [9.17, 15) is 9.59 Å². The number of methoxy groups -OCH3 is 2. The zero-order valence-corrected chi connectivity index (χ0v) is 10.8. The summed E-state index contributed by atoms with van der Waals surface area (Å²) >= 11 is 0. The maximum absolute atomic E-state index is 11.8. The molecule has 5 nitrogen and oxygen atoms in total. The largest absolute Gasteiger partial charge is 0.497 e. The molecule has 0 radical (unpaired) electrons. The Morgan fingerprint density at radius 2 is 1.94 bits per heavy atom. The van der Waals surface area contributed by atoms with E-state index in [1.165, 1.54) is 12.0 Å². The topological polar surface area (TPSA) is 55.8 Å². The number of rotatable bonds is 5. The van der Waals surface area contributed by atoms with Crippen LogP contribution in [-0.4, -0.2) is 33.1 Å². The average Bonchev–Trinajstić information content (AvgIpc) is 2.43. The summed E-state index contributed by atoms with van der Waals surface area (Å²) < 4.78 is 9.58. The fourth-order valence-corrected chi connectivity index (χ4v) is 1.44. The van der Waals surface area contributed by atoms with Gasteiger partial charge in [-0.2, -0.15) is 0 Å². The first-order valence-electron chi connectivity index (χ1n) is 5.56. The van der Waals surface area contributed by atoms with Crippen molar-refractivity contribution in [2.45, 2.75) is 12.8 Å². The van der Waals surface area contributed by atoms with Gasteiger partial charge in [0.2, 0.25) is 5.91 Å². The molecule has 0 unspecified atom stereocenters. The van der Waals surface area contributed by atoms with Gasteiger partial charge in [-0.1, -0.05) is 6.07 Å².